The Morgan fingerprint density at radius 1 is 1.31 bits per heavy atom. The Bertz CT molecular complexity index is 374. The molecule has 0 N–H and O–H groups in total. The fraction of sp³-hybridized carbons (Fsp3) is 0.364. The number of carbonyl (C=O) groups is 1. The van der Waals surface area contributed by atoms with Gasteiger partial charge in [0.25, 0.3) is 0 Å². The Morgan fingerprint density at radius 3 is 2.56 bits per heavy atom. The summed E-state index contributed by atoms with van der Waals surface area (Å²) in [6.45, 7) is 0. The lowest BCUT2D eigenvalue weighted by molar-refractivity contribution is -0.171. The lowest BCUT2D eigenvalue weighted by Gasteiger charge is -2.05. The first kappa shape index (κ1) is 13.0. The summed E-state index contributed by atoms with van der Waals surface area (Å²) in [7, 11) is 0. The Hall–Kier alpha value is -1.03. The van der Waals surface area contributed by atoms with Crippen LogP contribution in [-0.4, -0.2) is 12.0 Å². The Kier molecular flexibility index (Phi) is 4.35. The van der Waals surface area contributed by atoms with E-state index in [2.05, 4.69) is 0 Å². The van der Waals surface area contributed by atoms with Crippen molar-refractivity contribution >= 4 is 17.4 Å². The van der Waals surface area contributed by atoms with Crippen molar-refractivity contribution in [3.05, 3.63) is 34.9 Å². The SMILES string of the molecule is O=C(CCCc1cccc(Cl)c1)C(F)(F)F. The highest BCUT2D eigenvalue weighted by molar-refractivity contribution is 6.30. The van der Waals surface area contributed by atoms with E-state index in [1.807, 2.05) is 0 Å². The molecule has 0 aliphatic heterocycles. The van der Waals surface area contributed by atoms with Crippen molar-refractivity contribution in [2.45, 2.75) is 25.4 Å². The molecule has 0 aliphatic rings. The second kappa shape index (κ2) is 5.34. The highest BCUT2D eigenvalue weighted by Gasteiger charge is 2.37. The largest absolute Gasteiger partial charge is 0.449 e. The number of benzene rings is 1. The van der Waals surface area contributed by atoms with Crippen LogP contribution in [0.15, 0.2) is 24.3 Å². The standard InChI is InChI=1S/C11H10ClF3O/c12-9-5-1-3-8(7-9)4-2-6-10(16)11(13,14)15/h1,3,5,7H,2,4,6H2. The monoisotopic (exact) mass is 250 g/mol. The lowest BCUT2D eigenvalue weighted by Crippen LogP contribution is -2.22. The fourth-order valence-electron chi connectivity index (χ4n) is 1.29. The number of hydrogen-bond acceptors (Lipinski definition) is 1. The lowest BCUT2D eigenvalue weighted by atomic mass is 10.1. The van der Waals surface area contributed by atoms with Gasteiger partial charge in [0.05, 0.1) is 0 Å². The van der Waals surface area contributed by atoms with Crippen molar-refractivity contribution in [1.29, 1.82) is 0 Å². The van der Waals surface area contributed by atoms with E-state index in [1.165, 1.54) is 0 Å². The average molecular weight is 251 g/mol. The quantitative estimate of drug-likeness (QED) is 0.795. The van der Waals surface area contributed by atoms with Gasteiger partial charge in [0.2, 0.25) is 5.78 Å². The van der Waals surface area contributed by atoms with Gasteiger partial charge < -0.3 is 0 Å². The minimum Gasteiger partial charge on any atom is -0.290 e. The number of alkyl halides is 3. The number of aryl methyl sites for hydroxylation is 1. The number of rotatable bonds is 4. The van der Waals surface area contributed by atoms with Crippen molar-refractivity contribution in [3.63, 3.8) is 0 Å². The van der Waals surface area contributed by atoms with Gasteiger partial charge in [-0.25, -0.2) is 0 Å². The summed E-state index contributed by atoms with van der Waals surface area (Å²) in [5.41, 5.74) is 0.836. The maximum absolute atomic E-state index is 11.9. The first-order valence-corrected chi connectivity index (χ1v) is 5.12. The number of Topliss-reactive ketones (excluding diaryl/α,β-unsaturated/α-hetero) is 1. The molecule has 0 saturated heterocycles. The van der Waals surface area contributed by atoms with Gasteiger partial charge in [-0.3, -0.25) is 4.79 Å². The normalized spacial score (nSPS) is 11.5. The van der Waals surface area contributed by atoms with Crippen LogP contribution >= 0.6 is 11.6 Å². The van der Waals surface area contributed by atoms with E-state index in [1.54, 1.807) is 24.3 Å². The number of halogens is 4. The molecule has 1 aromatic rings. The molecule has 0 amide bonds. The van der Waals surface area contributed by atoms with Gasteiger partial charge in [-0.2, -0.15) is 13.2 Å². The molecule has 16 heavy (non-hydrogen) atoms. The van der Waals surface area contributed by atoms with Crippen molar-refractivity contribution in [2.75, 3.05) is 0 Å². The van der Waals surface area contributed by atoms with E-state index < -0.39 is 18.4 Å². The van der Waals surface area contributed by atoms with Crippen LogP contribution in [0.4, 0.5) is 13.2 Å². The summed E-state index contributed by atoms with van der Waals surface area (Å²) in [5, 5.41) is 0.541. The maximum Gasteiger partial charge on any atom is 0.449 e. The molecule has 5 heteroatoms. The second-order valence-electron chi connectivity index (χ2n) is 3.40. The molecule has 0 radical (unpaired) electrons. The Balaban J connectivity index is 2.39. The van der Waals surface area contributed by atoms with Crippen LogP contribution in [0.5, 0.6) is 0 Å². The third kappa shape index (κ3) is 4.23. The van der Waals surface area contributed by atoms with E-state index in [0.29, 0.717) is 11.4 Å². The van der Waals surface area contributed by atoms with Gasteiger partial charge >= 0.3 is 6.18 Å². The number of hydrogen-bond donors (Lipinski definition) is 0. The summed E-state index contributed by atoms with van der Waals surface area (Å²) >= 11 is 5.71. The van der Waals surface area contributed by atoms with Gasteiger partial charge in [0.15, 0.2) is 0 Å². The van der Waals surface area contributed by atoms with Gasteiger partial charge in [-0.05, 0) is 30.5 Å². The fourth-order valence-corrected chi connectivity index (χ4v) is 1.50. The van der Waals surface area contributed by atoms with E-state index >= 15 is 0 Å². The minimum atomic E-state index is -4.71. The van der Waals surface area contributed by atoms with Crippen LogP contribution in [0.2, 0.25) is 5.02 Å². The molecule has 88 valence electrons. The van der Waals surface area contributed by atoms with E-state index in [-0.39, 0.29) is 6.42 Å². The van der Waals surface area contributed by atoms with Crippen molar-refractivity contribution in [3.8, 4) is 0 Å². The first-order valence-electron chi connectivity index (χ1n) is 4.74. The zero-order chi connectivity index (χ0) is 12.2. The Morgan fingerprint density at radius 2 is 2.00 bits per heavy atom. The average Bonchev–Trinajstić information content (AvgIpc) is 2.16. The number of carbonyl (C=O) groups excluding carboxylic acids is 1. The summed E-state index contributed by atoms with van der Waals surface area (Å²) in [4.78, 5) is 10.6. The molecule has 1 nitrogen and oxygen atoms in total. The predicted octanol–water partition coefficient (Wildman–Crippen LogP) is 3.79. The van der Waals surface area contributed by atoms with Gasteiger partial charge in [-0.1, -0.05) is 23.7 Å². The maximum atomic E-state index is 11.9. The van der Waals surface area contributed by atoms with Crippen LogP contribution in [0.3, 0.4) is 0 Å². The van der Waals surface area contributed by atoms with E-state index in [0.717, 1.165) is 5.56 Å². The first-order chi connectivity index (χ1) is 7.39. The molecule has 0 atom stereocenters. The minimum absolute atomic E-state index is 0.179. The van der Waals surface area contributed by atoms with E-state index in [4.69, 9.17) is 11.6 Å². The molecule has 0 spiro atoms. The predicted molar refractivity (Wildman–Crippen MR) is 55.5 cm³/mol. The van der Waals surface area contributed by atoms with E-state index in [9.17, 15) is 18.0 Å². The van der Waals surface area contributed by atoms with Crippen LogP contribution in [0, 0.1) is 0 Å². The molecule has 0 heterocycles. The topological polar surface area (TPSA) is 17.1 Å². The summed E-state index contributed by atoms with van der Waals surface area (Å²) in [5.74, 6) is -1.67. The molecular weight excluding hydrogens is 241 g/mol. The zero-order valence-corrected chi connectivity index (χ0v) is 9.11. The molecule has 0 unspecified atom stereocenters. The molecule has 0 aliphatic carbocycles. The van der Waals surface area contributed by atoms with Crippen LogP contribution in [0.1, 0.15) is 18.4 Å². The third-order valence-electron chi connectivity index (χ3n) is 2.07. The molecule has 1 aromatic carbocycles. The highest BCUT2D eigenvalue weighted by atomic mass is 35.5. The summed E-state index contributed by atoms with van der Waals surface area (Å²) in [6.07, 6.45) is -4.59. The third-order valence-corrected chi connectivity index (χ3v) is 2.31. The highest BCUT2D eigenvalue weighted by Crippen LogP contribution is 2.20. The summed E-state index contributed by atoms with van der Waals surface area (Å²) < 4.78 is 35.6. The van der Waals surface area contributed by atoms with Crippen molar-refractivity contribution in [2.24, 2.45) is 0 Å². The molecule has 0 aromatic heterocycles. The van der Waals surface area contributed by atoms with Crippen LogP contribution < -0.4 is 0 Å². The van der Waals surface area contributed by atoms with Crippen molar-refractivity contribution < 1.29 is 18.0 Å². The van der Waals surface area contributed by atoms with Crippen LogP contribution in [0.25, 0.3) is 0 Å². The molecule has 0 fully saturated rings. The molecule has 1 rings (SSSR count). The molecule has 0 saturated carbocycles. The van der Waals surface area contributed by atoms with Crippen LogP contribution in [-0.2, 0) is 11.2 Å². The summed E-state index contributed by atoms with van der Waals surface area (Å²) in [6, 6.07) is 6.86. The van der Waals surface area contributed by atoms with Gasteiger partial charge in [0.1, 0.15) is 0 Å². The molecule has 0 bridgehead atoms. The smallest absolute Gasteiger partial charge is 0.290 e. The second-order valence-corrected chi connectivity index (χ2v) is 3.84. The molecular formula is C11H10ClF3O. The Labute approximate surface area is 96.2 Å². The van der Waals surface area contributed by atoms with Gasteiger partial charge in [0, 0.05) is 11.4 Å². The zero-order valence-electron chi connectivity index (χ0n) is 8.35. The number of ketones is 1. The van der Waals surface area contributed by atoms with Gasteiger partial charge in [-0.15, -0.1) is 0 Å². The van der Waals surface area contributed by atoms with Crippen molar-refractivity contribution in [1.82, 2.24) is 0 Å².